The molecule has 0 fully saturated rings. The van der Waals surface area contributed by atoms with Crippen LogP contribution in [0.2, 0.25) is 0 Å². The molecule has 0 unspecified atom stereocenters. The number of aromatic nitrogens is 1. The number of carbonyl (C=O) groups is 2. The summed E-state index contributed by atoms with van der Waals surface area (Å²) < 4.78 is 11.3. The lowest BCUT2D eigenvalue weighted by atomic mass is 10.1. The number of hydrogen-bond acceptors (Lipinski definition) is 4. The summed E-state index contributed by atoms with van der Waals surface area (Å²) >= 11 is 0. The Hall–Kier alpha value is -2.76. The largest absolute Gasteiger partial charge is 0.490 e. The third-order valence-corrected chi connectivity index (χ3v) is 4.77. The molecule has 29 heavy (non-hydrogen) atoms. The minimum atomic E-state index is -0.105. The van der Waals surface area contributed by atoms with Crippen LogP contribution in [0.3, 0.4) is 0 Å². The molecule has 1 amide bonds. The Labute approximate surface area is 173 Å². The number of aryl methyl sites for hydroxylation is 1. The molecule has 1 aromatic carbocycles. The number of carbonyl (C=O) groups excluding carboxylic acids is 2. The van der Waals surface area contributed by atoms with Crippen molar-refractivity contribution in [3.05, 3.63) is 46.3 Å². The van der Waals surface area contributed by atoms with Gasteiger partial charge in [0.2, 0.25) is 0 Å². The van der Waals surface area contributed by atoms with E-state index in [0.717, 1.165) is 17.7 Å². The van der Waals surface area contributed by atoms with Gasteiger partial charge in [-0.05, 0) is 64.3 Å². The highest BCUT2D eigenvalue weighted by Crippen LogP contribution is 2.29. The number of benzene rings is 1. The molecule has 0 aliphatic rings. The molecule has 0 saturated carbocycles. The Bertz CT molecular complexity index is 870. The Morgan fingerprint density at radius 1 is 1.03 bits per heavy atom. The van der Waals surface area contributed by atoms with E-state index < -0.39 is 0 Å². The molecule has 2 rings (SSSR count). The quantitative estimate of drug-likeness (QED) is 0.588. The van der Waals surface area contributed by atoms with Gasteiger partial charge in [0.05, 0.1) is 13.2 Å². The van der Waals surface area contributed by atoms with Gasteiger partial charge >= 0.3 is 0 Å². The van der Waals surface area contributed by atoms with Crippen LogP contribution in [-0.4, -0.2) is 41.3 Å². The van der Waals surface area contributed by atoms with Crippen LogP contribution in [0.15, 0.2) is 18.2 Å². The fourth-order valence-corrected chi connectivity index (χ4v) is 3.59. The van der Waals surface area contributed by atoms with E-state index in [1.165, 1.54) is 6.92 Å². The van der Waals surface area contributed by atoms with Crippen molar-refractivity contribution in [1.29, 1.82) is 0 Å². The second-order valence-corrected chi connectivity index (χ2v) is 7.06. The van der Waals surface area contributed by atoms with Crippen LogP contribution >= 0.6 is 0 Å². The molecule has 0 saturated heterocycles. The summed E-state index contributed by atoms with van der Waals surface area (Å²) in [4.78, 5) is 30.1. The Kier molecular flexibility index (Phi) is 7.88. The number of ether oxygens (including phenoxy) is 2. The second kappa shape index (κ2) is 10.1. The summed E-state index contributed by atoms with van der Waals surface area (Å²) in [5.74, 6) is 1.24. The van der Waals surface area contributed by atoms with Gasteiger partial charge in [-0.1, -0.05) is 13.0 Å². The highest BCUT2D eigenvalue weighted by molar-refractivity contribution is 6.02. The van der Waals surface area contributed by atoms with E-state index in [1.54, 1.807) is 4.90 Å². The number of nitrogens with one attached hydrogen (secondary N) is 1. The second-order valence-electron chi connectivity index (χ2n) is 7.06. The zero-order valence-corrected chi connectivity index (χ0v) is 18.3. The first kappa shape index (κ1) is 22.5. The van der Waals surface area contributed by atoms with Crippen LogP contribution in [0.25, 0.3) is 0 Å². The number of rotatable bonds is 10. The fraction of sp³-hybridized carbons (Fsp3) is 0.478. The smallest absolute Gasteiger partial charge is 0.270 e. The minimum Gasteiger partial charge on any atom is -0.490 e. The van der Waals surface area contributed by atoms with E-state index in [9.17, 15) is 9.59 Å². The van der Waals surface area contributed by atoms with Crippen molar-refractivity contribution in [3.63, 3.8) is 0 Å². The average Bonchev–Trinajstić information content (AvgIpc) is 2.97. The van der Waals surface area contributed by atoms with Gasteiger partial charge in [-0.25, -0.2) is 0 Å². The lowest BCUT2D eigenvalue weighted by Gasteiger charge is -2.23. The summed E-state index contributed by atoms with van der Waals surface area (Å²) in [6.45, 7) is 13.2. The van der Waals surface area contributed by atoms with E-state index >= 15 is 0 Å². The molecular formula is C23H32N2O4. The van der Waals surface area contributed by atoms with Gasteiger partial charge in [0.15, 0.2) is 17.3 Å². The highest BCUT2D eigenvalue weighted by atomic mass is 16.5. The number of amides is 1. The average molecular weight is 401 g/mol. The lowest BCUT2D eigenvalue weighted by Crippen LogP contribution is -2.32. The zero-order chi connectivity index (χ0) is 21.6. The van der Waals surface area contributed by atoms with Crippen molar-refractivity contribution in [2.45, 2.75) is 54.5 Å². The Balaban J connectivity index is 2.33. The van der Waals surface area contributed by atoms with Crippen molar-refractivity contribution in [2.24, 2.45) is 0 Å². The first-order valence-corrected chi connectivity index (χ1v) is 10.2. The third-order valence-electron chi connectivity index (χ3n) is 4.77. The highest BCUT2D eigenvalue weighted by Gasteiger charge is 2.24. The van der Waals surface area contributed by atoms with Crippen LogP contribution < -0.4 is 9.47 Å². The summed E-state index contributed by atoms with van der Waals surface area (Å²) in [7, 11) is 0. The molecule has 6 heteroatoms. The van der Waals surface area contributed by atoms with Crippen molar-refractivity contribution < 1.29 is 19.1 Å². The number of Topliss-reactive ketones (excluding diaryl/α,β-unsaturated/α-hetero) is 1. The van der Waals surface area contributed by atoms with Gasteiger partial charge < -0.3 is 19.4 Å². The molecule has 0 aliphatic carbocycles. The van der Waals surface area contributed by atoms with E-state index in [0.29, 0.717) is 54.6 Å². The van der Waals surface area contributed by atoms with Gasteiger partial charge in [-0.2, -0.15) is 0 Å². The number of hydrogen-bond donors (Lipinski definition) is 1. The van der Waals surface area contributed by atoms with Gasteiger partial charge in [0.1, 0.15) is 5.69 Å². The number of H-pyrrole nitrogens is 1. The molecule has 6 nitrogen and oxygen atoms in total. The van der Waals surface area contributed by atoms with E-state index in [-0.39, 0.29) is 11.7 Å². The molecule has 0 bridgehead atoms. The van der Waals surface area contributed by atoms with Crippen molar-refractivity contribution in [3.8, 4) is 11.5 Å². The topological polar surface area (TPSA) is 71.6 Å². The molecular weight excluding hydrogens is 368 g/mol. The maximum atomic E-state index is 13.3. The monoisotopic (exact) mass is 400 g/mol. The van der Waals surface area contributed by atoms with Gasteiger partial charge in [0.25, 0.3) is 5.91 Å². The SMILES string of the molecule is CCCN(Cc1ccc(OCC)c(OCC)c1)C(=O)c1[nH]c(C)c(C(C)=O)c1C. The summed E-state index contributed by atoms with van der Waals surface area (Å²) in [6.07, 6.45) is 0.833. The Morgan fingerprint density at radius 2 is 1.69 bits per heavy atom. The minimum absolute atomic E-state index is 0.0368. The molecule has 158 valence electrons. The molecule has 0 atom stereocenters. The van der Waals surface area contributed by atoms with E-state index in [4.69, 9.17) is 9.47 Å². The molecule has 0 spiro atoms. The lowest BCUT2D eigenvalue weighted by molar-refractivity contribution is 0.0737. The maximum absolute atomic E-state index is 13.3. The molecule has 1 heterocycles. The third kappa shape index (κ3) is 5.19. The maximum Gasteiger partial charge on any atom is 0.270 e. The molecule has 0 radical (unpaired) electrons. The van der Waals surface area contributed by atoms with Gasteiger partial charge in [-0.15, -0.1) is 0 Å². The van der Waals surface area contributed by atoms with Crippen LogP contribution in [0.5, 0.6) is 11.5 Å². The molecule has 2 aromatic rings. The molecule has 0 aliphatic heterocycles. The van der Waals surface area contributed by atoms with Crippen LogP contribution in [-0.2, 0) is 6.54 Å². The van der Waals surface area contributed by atoms with Crippen LogP contribution in [0.1, 0.15) is 71.8 Å². The van der Waals surface area contributed by atoms with Gasteiger partial charge in [-0.3, -0.25) is 9.59 Å². The van der Waals surface area contributed by atoms with E-state index in [2.05, 4.69) is 4.98 Å². The summed E-state index contributed by atoms with van der Waals surface area (Å²) in [5, 5.41) is 0. The predicted octanol–water partition coefficient (Wildman–Crippen LogP) is 4.68. The number of nitrogens with zero attached hydrogens (tertiary/aromatic N) is 1. The normalized spacial score (nSPS) is 10.7. The number of aromatic amines is 1. The van der Waals surface area contributed by atoms with Crippen molar-refractivity contribution in [2.75, 3.05) is 19.8 Å². The summed E-state index contributed by atoms with van der Waals surface area (Å²) in [5.41, 5.74) is 3.49. The first-order chi connectivity index (χ1) is 13.8. The molecule has 1 N–H and O–H groups in total. The van der Waals surface area contributed by atoms with Crippen molar-refractivity contribution >= 4 is 11.7 Å². The Morgan fingerprint density at radius 3 is 2.24 bits per heavy atom. The number of ketones is 1. The standard InChI is InChI=1S/C23H32N2O4/c1-7-12-25(23(27)22-15(4)21(17(6)26)16(5)24-22)14-18-10-11-19(28-8-2)20(13-18)29-9-3/h10-11,13,24H,7-9,12,14H2,1-6H3. The zero-order valence-electron chi connectivity index (χ0n) is 18.3. The summed E-state index contributed by atoms with van der Waals surface area (Å²) in [6, 6.07) is 5.77. The van der Waals surface area contributed by atoms with Crippen molar-refractivity contribution in [1.82, 2.24) is 9.88 Å². The van der Waals surface area contributed by atoms with Crippen LogP contribution in [0.4, 0.5) is 0 Å². The fourth-order valence-electron chi connectivity index (χ4n) is 3.59. The van der Waals surface area contributed by atoms with Gasteiger partial charge in [0, 0.05) is 24.3 Å². The van der Waals surface area contributed by atoms with Crippen LogP contribution in [0, 0.1) is 13.8 Å². The first-order valence-electron chi connectivity index (χ1n) is 10.2. The predicted molar refractivity (Wildman–Crippen MR) is 114 cm³/mol. The van der Waals surface area contributed by atoms with E-state index in [1.807, 2.05) is 52.8 Å². The molecule has 1 aromatic heterocycles.